The van der Waals surface area contributed by atoms with E-state index in [1.807, 2.05) is 18.2 Å². The Morgan fingerprint density at radius 1 is 1.14 bits per heavy atom. The van der Waals surface area contributed by atoms with Crippen LogP contribution in [0.25, 0.3) is 0 Å². The number of methoxy groups -OCH3 is 1. The number of hydrogen-bond donors (Lipinski definition) is 0. The van der Waals surface area contributed by atoms with Crippen molar-refractivity contribution >= 4 is 11.8 Å². The summed E-state index contributed by atoms with van der Waals surface area (Å²) in [4.78, 5) is 18.0. The van der Waals surface area contributed by atoms with E-state index in [0.717, 1.165) is 17.7 Å². The van der Waals surface area contributed by atoms with Gasteiger partial charge in [0.2, 0.25) is 0 Å². The molecule has 1 aromatic heterocycles. The molecular weight excluding hydrogens is 463 g/mol. The Morgan fingerprint density at radius 2 is 1.91 bits per heavy atom. The van der Waals surface area contributed by atoms with Crippen molar-refractivity contribution in [1.29, 1.82) is 5.26 Å². The Balaban J connectivity index is 1.61. The molecule has 0 bridgehead atoms. The van der Waals surface area contributed by atoms with E-state index < -0.39 is 30.0 Å². The summed E-state index contributed by atoms with van der Waals surface area (Å²) in [6.45, 7) is 0.144. The fourth-order valence-corrected chi connectivity index (χ4v) is 3.79. The lowest BCUT2D eigenvalue weighted by Gasteiger charge is -2.25. The van der Waals surface area contributed by atoms with Gasteiger partial charge in [0, 0.05) is 0 Å². The van der Waals surface area contributed by atoms with Crippen molar-refractivity contribution < 1.29 is 32.2 Å². The van der Waals surface area contributed by atoms with Crippen LogP contribution in [0, 0.1) is 11.3 Å². The van der Waals surface area contributed by atoms with Crippen LogP contribution < -0.4 is 9.64 Å². The number of carbonyl (C=O) groups excluding carboxylic acids is 1. The Morgan fingerprint density at radius 3 is 2.54 bits per heavy atom. The number of amides is 1. The lowest BCUT2D eigenvalue weighted by atomic mass is 9.98. The highest BCUT2D eigenvalue weighted by Crippen LogP contribution is 2.39. The Bertz CT molecular complexity index is 1220. The topological polar surface area (TPSA) is 84.7 Å². The van der Waals surface area contributed by atoms with Crippen LogP contribution in [-0.4, -0.2) is 30.9 Å². The molecule has 7 nitrogen and oxygen atoms in total. The van der Waals surface area contributed by atoms with Crippen molar-refractivity contribution in [3.05, 3.63) is 89.2 Å². The minimum absolute atomic E-state index is 0.0567. The van der Waals surface area contributed by atoms with Crippen LogP contribution in [0.2, 0.25) is 0 Å². The van der Waals surface area contributed by atoms with E-state index in [9.17, 15) is 18.0 Å². The fraction of sp³-hybridized carbons (Fsp3) is 0.240. The van der Waals surface area contributed by atoms with Crippen LogP contribution in [0.15, 0.2) is 66.9 Å². The van der Waals surface area contributed by atoms with Gasteiger partial charge >= 0.3 is 12.3 Å². The molecule has 3 aromatic rings. The van der Waals surface area contributed by atoms with Gasteiger partial charge in [0.1, 0.15) is 23.6 Å². The van der Waals surface area contributed by atoms with Crippen LogP contribution in [-0.2, 0) is 22.3 Å². The molecular formula is C25H20F3N3O4. The molecule has 1 fully saturated rings. The number of alkyl halides is 3. The lowest BCUT2D eigenvalue weighted by Crippen LogP contribution is -2.31. The number of aromatic nitrogens is 1. The minimum Gasteiger partial charge on any atom is -0.497 e. The van der Waals surface area contributed by atoms with Crippen LogP contribution in [0.5, 0.6) is 5.75 Å². The largest absolute Gasteiger partial charge is 0.497 e. The molecule has 2 atom stereocenters. The van der Waals surface area contributed by atoms with Crippen LogP contribution in [0.3, 0.4) is 0 Å². The molecule has 1 aliphatic rings. The normalized spacial score (nSPS) is 17.7. The maximum Gasteiger partial charge on any atom is 0.416 e. The summed E-state index contributed by atoms with van der Waals surface area (Å²) in [5.74, 6) is 0.690. The summed E-state index contributed by atoms with van der Waals surface area (Å²) < 4.78 is 56.6. The standard InChI is InChI=1S/C25H20F3N3O4/c1-33-21-9-5-16(6-10-21)14-34-15-22-23(17-3-2-4-18(11-17)25(26,27)28)31(24(32)35-22)20-8-7-19(12-29)30-13-20/h2-11,13,22-23H,14-15H2,1H3/t22-,23-/m0/s1. The first-order valence-electron chi connectivity index (χ1n) is 10.5. The molecule has 1 saturated heterocycles. The van der Waals surface area contributed by atoms with Gasteiger partial charge in [-0.1, -0.05) is 24.3 Å². The molecule has 180 valence electrons. The van der Waals surface area contributed by atoms with Crippen molar-refractivity contribution in [2.75, 3.05) is 18.6 Å². The molecule has 10 heteroatoms. The highest BCUT2D eigenvalue weighted by Gasteiger charge is 2.44. The second kappa shape index (κ2) is 10.0. The van der Waals surface area contributed by atoms with Gasteiger partial charge in [-0.05, 0) is 47.5 Å². The SMILES string of the molecule is COc1ccc(COC[C@@H]2OC(=O)N(c3ccc(C#N)nc3)[C@H]2c2cccc(C(F)(F)F)c2)cc1. The van der Waals surface area contributed by atoms with E-state index in [-0.39, 0.29) is 30.2 Å². The van der Waals surface area contributed by atoms with Crippen molar-refractivity contribution in [2.24, 2.45) is 0 Å². The van der Waals surface area contributed by atoms with Crippen LogP contribution in [0.4, 0.5) is 23.7 Å². The number of benzene rings is 2. The van der Waals surface area contributed by atoms with E-state index in [2.05, 4.69) is 4.98 Å². The molecule has 2 heterocycles. The third-order valence-electron chi connectivity index (χ3n) is 5.49. The van der Waals surface area contributed by atoms with Crippen molar-refractivity contribution in [1.82, 2.24) is 4.98 Å². The number of halogens is 3. The van der Waals surface area contributed by atoms with Gasteiger partial charge in [-0.2, -0.15) is 18.4 Å². The highest BCUT2D eigenvalue weighted by molar-refractivity contribution is 5.91. The fourth-order valence-electron chi connectivity index (χ4n) is 3.79. The molecule has 0 unspecified atom stereocenters. The number of carbonyl (C=O) groups is 1. The predicted octanol–water partition coefficient (Wildman–Crippen LogP) is 5.26. The highest BCUT2D eigenvalue weighted by atomic mass is 19.4. The minimum atomic E-state index is -4.55. The van der Waals surface area contributed by atoms with Gasteiger partial charge < -0.3 is 14.2 Å². The molecule has 0 radical (unpaired) electrons. The monoisotopic (exact) mass is 483 g/mol. The molecule has 0 aliphatic carbocycles. The molecule has 2 aromatic carbocycles. The number of rotatable bonds is 7. The van der Waals surface area contributed by atoms with Crippen molar-refractivity contribution in [3.63, 3.8) is 0 Å². The quantitative estimate of drug-likeness (QED) is 0.456. The molecule has 1 aliphatic heterocycles. The molecule has 1 amide bonds. The molecule has 4 rings (SSSR count). The van der Waals surface area contributed by atoms with Crippen LogP contribution >= 0.6 is 0 Å². The first kappa shape index (κ1) is 24.0. The van der Waals surface area contributed by atoms with Gasteiger partial charge in [-0.15, -0.1) is 0 Å². The maximum atomic E-state index is 13.4. The van der Waals surface area contributed by atoms with Crippen molar-refractivity contribution in [2.45, 2.75) is 24.9 Å². The van der Waals surface area contributed by atoms with Crippen LogP contribution in [0.1, 0.15) is 28.4 Å². The number of nitriles is 1. The zero-order chi connectivity index (χ0) is 25.0. The Hall–Kier alpha value is -4.10. The van der Waals surface area contributed by atoms with Gasteiger partial charge in [0.05, 0.1) is 37.8 Å². The van der Waals surface area contributed by atoms with Gasteiger partial charge in [0.15, 0.2) is 6.10 Å². The van der Waals surface area contributed by atoms with E-state index in [0.29, 0.717) is 5.75 Å². The summed E-state index contributed by atoms with van der Waals surface area (Å²) >= 11 is 0. The predicted molar refractivity (Wildman–Crippen MR) is 119 cm³/mol. The first-order valence-corrected chi connectivity index (χ1v) is 10.5. The second-order valence-electron chi connectivity index (χ2n) is 7.74. The molecule has 35 heavy (non-hydrogen) atoms. The third kappa shape index (κ3) is 5.36. The number of cyclic esters (lactones) is 1. The number of ether oxygens (including phenoxy) is 3. The van der Waals surface area contributed by atoms with E-state index in [4.69, 9.17) is 19.5 Å². The van der Waals surface area contributed by atoms with E-state index in [1.165, 1.54) is 35.4 Å². The van der Waals surface area contributed by atoms with Gasteiger partial charge in [0.25, 0.3) is 0 Å². The number of hydrogen-bond acceptors (Lipinski definition) is 6. The average Bonchev–Trinajstić information content (AvgIpc) is 3.19. The zero-order valence-electron chi connectivity index (χ0n) is 18.5. The summed E-state index contributed by atoms with van der Waals surface area (Å²) in [6.07, 6.45) is -4.89. The van der Waals surface area contributed by atoms with Crippen molar-refractivity contribution in [3.8, 4) is 11.8 Å². The third-order valence-corrected chi connectivity index (χ3v) is 5.49. The first-order chi connectivity index (χ1) is 16.8. The Labute approximate surface area is 199 Å². The second-order valence-corrected chi connectivity index (χ2v) is 7.74. The number of anilines is 1. The molecule has 0 saturated carbocycles. The summed E-state index contributed by atoms with van der Waals surface area (Å²) in [7, 11) is 1.56. The molecule has 0 N–H and O–H groups in total. The summed E-state index contributed by atoms with van der Waals surface area (Å²) in [5.41, 5.74) is 0.655. The zero-order valence-corrected chi connectivity index (χ0v) is 18.5. The maximum absolute atomic E-state index is 13.4. The summed E-state index contributed by atoms with van der Waals surface area (Å²) in [5, 5.41) is 9.00. The summed E-state index contributed by atoms with van der Waals surface area (Å²) in [6, 6.07) is 15.8. The smallest absolute Gasteiger partial charge is 0.416 e. The Kier molecular flexibility index (Phi) is 6.89. The van der Waals surface area contributed by atoms with Gasteiger partial charge in [-0.25, -0.2) is 9.78 Å². The lowest BCUT2D eigenvalue weighted by molar-refractivity contribution is -0.137. The number of pyridine rings is 1. The number of nitrogens with zero attached hydrogens (tertiary/aromatic N) is 3. The average molecular weight is 483 g/mol. The molecule has 0 spiro atoms. The van der Waals surface area contributed by atoms with Gasteiger partial charge in [-0.3, -0.25) is 4.90 Å². The van der Waals surface area contributed by atoms with E-state index >= 15 is 0 Å². The van der Waals surface area contributed by atoms with E-state index in [1.54, 1.807) is 19.2 Å².